The fourth-order valence-electron chi connectivity index (χ4n) is 7.02. The monoisotopic (exact) mass is 559 g/mol. The van der Waals surface area contributed by atoms with Gasteiger partial charge in [0.2, 0.25) is 0 Å². The zero-order chi connectivity index (χ0) is 29.0. The van der Waals surface area contributed by atoms with E-state index in [1.165, 1.54) is 55.7 Å². The van der Waals surface area contributed by atoms with Crippen LogP contribution in [0.2, 0.25) is 0 Å². The average Bonchev–Trinajstić information content (AvgIpc) is 3.12. The maximum atomic E-state index is 4.61. The van der Waals surface area contributed by atoms with Crippen LogP contribution in [0, 0.1) is 0 Å². The van der Waals surface area contributed by atoms with Crippen LogP contribution in [0.3, 0.4) is 0 Å². The molecule has 0 saturated carbocycles. The highest BCUT2D eigenvalue weighted by atomic mass is 15.1. The number of rotatable bonds is 3. The summed E-state index contributed by atoms with van der Waals surface area (Å²) in [5.41, 5.74) is 17.0. The van der Waals surface area contributed by atoms with E-state index in [1.807, 2.05) is 24.7 Å². The Hall–Kier alpha value is -5.74. The molecule has 0 atom stereocenters. The molecule has 2 aliphatic rings. The second-order valence-corrected chi connectivity index (χ2v) is 11.5. The van der Waals surface area contributed by atoms with Crippen LogP contribution < -0.4 is 15.7 Å². The van der Waals surface area contributed by atoms with Crippen molar-refractivity contribution in [3.63, 3.8) is 0 Å². The molecule has 3 nitrogen and oxygen atoms in total. The summed E-state index contributed by atoms with van der Waals surface area (Å²) >= 11 is 0. The summed E-state index contributed by atoms with van der Waals surface area (Å²) in [5.74, 6) is 0. The van der Waals surface area contributed by atoms with Gasteiger partial charge in [0.15, 0.2) is 0 Å². The summed E-state index contributed by atoms with van der Waals surface area (Å²) < 4.78 is 0. The lowest BCUT2D eigenvalue weighted by Gasteiger charge is -2.43. The SMILES string of the molecule is c1ccc(-c2ccc3c(c2)-c2ccccc2B2c4ccccc4-c4cc(-c5cncc(-c6cccnc6)c5)ccc4N23)cc1. The minimum absolute atomic E-state index is 0.0893. The average molecular weight is 559 g/mol. The number of benzene rings is 5. The van der Waals surface area contributed by atoms with Gasteiger partial charge in [0.05, 0.1) is 0 Å². The van der Waals surface area contributed by atoms with Crippen LogP contribution in [-0.4, -0.2) is 16.8 Å². The van der Waals surface area contributed by atoms with Crippen LogP contribution in [0.25, 0.3) is 55.6 Å². The number of aromatic nitrogens is 2. The Morgan fingerprint density at radius 2 is 0.932 bits per heavy atom. The second-order valence-electron chi connectivity index (χ2n) is 11.5. The molecule has 0 fully saturated rings. The number of fused-ring (bicyclic) bond motifs is 11. The van der Waals surface area contributed by atoms with Crippen molar-refractivity contribution in [2.75, 3.05) is 4.81 Å². The summed E-state index contributed by atoms with van der Waals surface area (Å²) in [5, 5.41) is 0. The molecule has 9 rings (SSSR count). The number of anilines is 2. The van der Waals surface area contributed by atoms with Crippen molar-refractivity contribution in [2.45, 2.75) is 0 Å². The highest BCUT2D eigenvalue weighted by molar-refractivity contribution is 6.92. The van der Waals surface area contributed by atoms with Gasteiger partial charge in [-0.2, -0.15) is 0 Å². The third-order valence-electron chi connectivity index (χ3n) is 9.04. The van der Waals surface area contributed by atoms with Gasteiger partial charge < -0.3 is 4.81 Å². The highest BCUT2D eigenvalue weighted by Gasteiger charge is 2.42. The Kier molecular flexibility index (Phi) is 5.60. The molecular formula is C40H26BN3. The lowest BCUT2D eigenvalue weighted by atomic mass is 9.43. The van der Waals surface area contributed by atoms with Crippen LogP contribution >= 0.6 is 0 Å². The molecule has 0 saturated heterocycles. The lowest BCUT2D eigenvalue weighted by Crippen LogP contribution is -2.59. The van der Waals surface area contributed by atoms with E-state index in [1.54, 1.807) is 6.20 Å². The van der Waals surface area contributed by atoms with Gasteiger partial charge in [-0.25, -0.2) is 0 Å². The molecular weight excluding hydrogens is 533 g/mol. The van der Waals surface area contributed by atoms with Crippen molar-refractivity contribution in [3.05, 3.63) is 158 Å². The number of hydrogen-bond donors (Lipinski definition) is 0. The lowest BCUT2D eigenvalue weighted by molar-refractivity contribution is 1.30. The summed E-state index contributed by atoms with van der Waals surface area (Å²) in [6.07, 6.45) is 7.55. The van der Waals surface area contributed by atoms with E-state index in [4.69, 9.17) is 0 Å². The van der Waals surface area contributed by atoms with Gasteiger partial charge in [-0.3, -0.25) is 9.97 Å². The highest BCUT2D eigenvalue weighted by Crippen LogP contribution is 2.47. The van der Waals surface area contributed by atoms with Crippen LogP contribution in [0.1, 0.15) is 0 Å². The number of nitrogens with zero attached hydrogens (tertiary/aromatic N) is 3. The molecule has 5 aromatic carbocycles. The predicted octanol–water partition coefficient (Wildman–Crippen LogP) is 8.38. The number of hydrogen-bond acceptors (Lipinski definition) is 3. The quantitative estimate of drug-likeness (QED) is 0.204. The predicted molar refractivity (Wildman–Crippen MR) is 183 cm³/mol. The van der Waals surface area contributed by atoms with Crippen molar-refractivity contribution >= 4 is 29.1 Å². The standard InChI is InChI=1S/C40H26BN3/c1-2-9-27(10-3-1)28-16-18-39-35(22-28)33-12-4-6-14-37(33)41-38-15-7-5-13-34(38)36-23-29(17-19-40(36)44(39)41)31-21-32(26-43-25-31)30-11-8-20-42-24-30/h1-26H. The Labute approximate surface area is 257 Å². The topological polar surface area (TPSA) is 29.0 Å². The maximum Gasteiger partial charge on any atom is 0.329 e. The van der Waals surface area contributed by atoms with Gasteiger partial charge in [-0.15, -0.1) is 0 Å². The van der Waals surface area contributed by atoms with E-state index in [9.17, 15) is 0 Å². The third-order valence-corrected chi connectivity index (χ3v) is 9.04. The van der Waals surface area contributed by atoms with E-state index >= 15 is 0 Å². The minimum atomic E-state index is 0.0893. The van der Waals surface area contributed by atoms with Crippen molar-refractivity contribution in [1.82, 2.24) is 9.97 Å². The molecule has 0 aliphatic carbocycles. The van der Waals surface area contributed by atoms with E-state index in [-0.39, 0.29) is 6.85 Å². The van der Waals surface area contributed by atoms with Gasteiger partial charge in [0.1, 0.15) is 0 Å². The summed E-state index contributed by atoms with van der Waals surface area (Å²) in [4.78, 5) is 11.5. The smallest absolute Gasteiger partial charge is 0.329 e. The van der Waals surface area contributed by atoms with Crippen LogP contribution in [-0.2, 0) is 0 Å². The normalized spacial score (nSPS) is 12.5. The fourth-order valence-corrected chi connectivity index (χ4v) is 7.02. The fraction of sp³-hybridized carbons (Fsp3) is 0. The summed E-state index contributed by atoms with van der Waals surface area (Å²) in [6, 6.07) is 48.6. The first kappa shape index (κ1) is 24.8. The maximum absolute atomic E-state index is 4.61. The Morgan fingerprint density at radius 1 is 0.386 bits per heavy atom. The first-order valence-corrected chi connectivity index (χ1v) is 15.0. The molecule has 7 aromatic rings. The molecule has 2 aliphatic heterocycles. The van der Waals surface area contributed by atoms with E-state index in [0.717, 1.165) is 22.3 Å². The van der Waals surface area contributed by atoms with Gasteiger partial charge in [0, 0.05) is 64.0 Å². The van der Waals surface area contributed by atoms with Crippen molar-refractivity contribution in [3.8, 4) is 55.6 Å². The van der Waals surface area contributed by atoms with Crippen LogP contribution in [0.4, 0.5) is 11.4 Å². The molecule has 204 valence electrons. The first-order chi connectivity index (χ1) is 21.8. The molecule has 0 spiro atoms. The second kappa shape index (κ2) is 9.93. The summed E-state index contributed by atoms with van der Waals surface area (Å²) in [6.45, 7) is 0.0893. The van der Waals surface area contributed by atoms with Crippen LogP contribution in [0.5, 0.6) is 0 Å². The van der Waals surface area contributed by atoms with E-state index in [2.05, 4.69) is 142 Å². The Bertz CT molecular complexity index is 2190. The van der Waals surface area contributed by atoms with E-state index < -0.39 is 0 Å². The summed E-state index contributed by atoms with van der Waals surface area (Å²) in [7, 11) is 0. The van der Waals surface area contributed by atoms with Crippen LogP contribution in [0.15, 0.2) is 158 Å². The zero-order valence-corrected chi connectivity index (χ0v) is 23.9. The van der Waals surface area contributed by atoms with Crippen molar-refractivity contribution < 1.29 is 0 Å². The molecule has 0 bridgehead atoms. The first-order valence-electron chi connectivity index (χ1n) is 15.0. The molecule has 4 heterocycles. The van der Waals surface area contributed by atoms with Gasteiger partial charge in [0.25, 0.3) is 0 Å². The van der Waals surface area contributed by atoms with E-state index in [0.29, 0.717) is 0 Å². The molecule has 0 amide bonds. The molecule has 4 heteroatoms. The Morgan fingerprint density at radius 3 is 1.57 bits per heavy atom. The number of pyridine rings is 2. The minimum Gasteiger partial charge on any atom is -0.376 e. The molecule has 0 radical (unpaired) electrons. The zero-order valence-electron chi connectivity index (χ0n) is 23.9. The largest absolute Gasteiger partial charge is 0.376 e. The Balaban J connectivity index is 1.24. The van der Waals surface area contributed by atoms with Gasteiger partial charge >= 0.3 is 6.85 Å². The van der Waals surface area contributed by atoms with Gasteiger partial charge in [-0.1, -0.05) is 97.1 Å². The molecule has 0 unspecified atom stereocenters. The molecule has 0 N–H and O–H groups in total. The van der Waals surface area contributed by atoms with Gasteiger partial charge in [-0.05, 0) is 75.1 Å². The third kappa shape index (κ3) is 3.85. The van der Waals surface area contributed by atoms with Crippen molar-refractivity contribution in [1.29, 1.82) is 0 Å². The molecule has 2 aromatic heterocycles. The molecule has 44 heavy (non-hydrogen) atoms. The van der Waals surface area contributed by atoms with Crippen molar-refractivity contribution in [2.24, 2.45) is 0 Å².